The van der Waals surface area contributed by atoms with Crippen LogP contribution in [0.15, 0.2) is 55.0 Å². The van der Waals surface area contributed by atoms with E-state index in [1.807, 2.05) is 35.3 Å². The lowest BCUT2D eigenvalue weighted by Crippen LogP contribution is -1.99. The fourth-order valence-electron chi connectivity index (χ4n) is 2.28. The van der Waals surface area contributed by atoms with E-state index < -0.39 is 0 Å². The molecule has 3 heteroatoms. The molecule has 0 saturated heterocycles. The predicted molar refractivity (Wildman–Crippen MR) is 76.3 cm³/mol. The zero-order chi connectivity index (χ0) is 13.2. The van der Waals surface area contributed by atoms with E-state index in [-0.39, 0.29) is 0 Å². The van der Waals surface area contributed by atoms with Crippen molar-refractivity contribution in [1.82, 2.24) is 14.8 Å². The number of para-hydroxylation sites is 1. The number of aryl methyl sites for hydroxylation is 2. The van der Waals surface area contributed by atoms with Gasteiger partial charge in [-0.05, 0) is 37.1 Å². The lowest BCUT2D eigenvalue weighted by molar-refractivity contribution is 0.865. The van der Waals surface area contributed by atoms with Crippen LogP contribution < -0.4 is 0 Å². The number of hydrogen-bond donors (Lipinski definition) is 0. The summed E-state index contributed by atoms with van der Waals surface area (Å²) in [7, 11) is 0. The smallest absolute Gasteiger partial charge is 0.0733 e. The van der Waals surface area contributed by atoms with Gasteiger partial charge in [-0.25, -0.2) is 4.68 Å². The third kappa shape index (κ3) is 2.15. The summed E-state index contributed by atoms with van der Waals surface area (Å²) in [5.74, 6) is 0. The molecule has 0 N–H and O–H groups in total. The summed E-state index contributed by atoms with van der Waals surface area (Å²) in [6.07, 6.45) is 5.68. The number of pyridine rings is 1. The topological polar surface area (TPSA) is 30.7 Å². The second-order valence-electron chi connectivity index (χ2n) is 4.63. The molecule has 2 heterocycles. The van der Waals surface area contributed by atoms with Crippen LogP contribution >= 0.6 is 0 Å². The van der Waals surface area contributed by atoms with E-state index in [1.54, 1.807) is 6.20 Å². The van der Waals surface area contributed by atoms with Crippen LogP contribution in [0, 0.1) is 13.8 Å². The first kappa shape index (κ1) is 11.7. The van der Waals surface area contributed by atoms with E-state index in [9.17, 15) is 0 Å². The van der Waals surface area contributed by atoms with Gasteiger partial charge in [0.15, 0.2) is 0 Å². The first-order chi connectivity index (χ1) is 9.25. The molecule has 3 nitrogen and oxygen atoms in total. The number of aromatic nitrogens is 3. The van der Waals surface area contributed by atoms with Crippen LogP contribution in [0.4, 0.5) is 0 Å². The predicted octanol–water partition coefficient (Wildman–Crippen LogP) is 3.55. The summed E-state index contributed by atoms with van der Waals surface area (Å²) in [5, 5.41) is 4.46. The van der Waals surface area contributed by atoms with Crippen LogP contribution in [0.2, 0.25) is 0 Å². The molecule has 1 aromatic carbocycles. The Kier molecular flexibility index (Phi) is 2.88. The lowest BCUT2D eigenvalue weighted by Gasteiger charge is -2.08. The largest absolute Gasteiger partial charge is 0.256 e. The van der Waals surface area contributed by atoms with Crippen LogP contribution in [0.25, 0.3) is 16.9 Å². The van der Waals surface area contributed by atoms with E-state index in [1.165, 1.54) is 11.1 Å². The molecule has 2 aromatic heterocycles. The Morgan fingerprint density at radius 3 is 2.42 bits per heavy atom. The van der Waals surface area contributed by atoms with Crippen molar-refractivity contribution < 1.29 is 0 Å². The fourth-order valence-corrected chi connectivity index (χ4v) is 2.28. The highest BCUT2D eigenvalue weighted by Gasteiger charge is 2.08. The van der Waals surface area contributed by atoms with Gasteiger partial charge in [-0.15, -0.1) is 0 Å². The van der Waals surface area contributed by atoms with E-state index in [0.717, 1.165) is 16.9 Å². The molecule has 3 rings (SSSR count). The third-order valence-corrected chi connectivity index (χ3v) is 3.21. The number of rotatable bonds is 2. The highest BCUT2D eigenvalue weighted by Crippen LogP contribution is 2.21. The molecule has 0 radical (unpaired) electrons. The minimum absolute atomic E-state index is 0.944. The Hall–Kier alpha value is -2.42. The zero-order valence-corrected chi connectivity index (χ0v) is 11.0. The van der Waals surface area contributed by atoms with Gasteiger partial charge >= 0.3 is 0 Å². The van der Waals surface area contributed by atoms with Crippen LogP contribution in [0.5, 0.6) is 0 Å². The Labute approximate surface area is 112 Å². The normalized spacial score (nSPS) is 10.6. The molecule has 0 aliphatic heterocycles. The van der Waals surface area contributed by atoms with Crippen molar-refractivity contribution in [3.63, 3.8) is 0 Å². The molecule has 3 aromatic rings. The van der Waals surface area contributed by atoms with E-state index in [4.69, 9.17) is 0 Å². The second kappa shape index (κ2) is 4.69. The van der Waals surface area contributed by atoms with Crippen LogP contribution in [0.1, 0.15) is 11.1 Å². The Balaban J connectivity index is 2.07. The fraction of sp³-hybridized carbons (Fsp3) is 0.125. The van der Waals surface area contributed by atoms with Gasteiger partial charge in [-0.3, -0.25) is 4.98 Å². The molecule has 0 spiro atoms. The van der Waals surface area contributed by atoms with E-state index >= 15 is 0 Å². The Bertz CT molecular complexity index is 679. The van der Waals surface area contributed by atoms with Gasteiger partial charge in [-0.1, -0.05) is 24.3 Å². The second-order valence-corrected chi connectivity index (χ2v) is 4.63. The number of nitrogens with zero attached hydrogens (tertiary/aromatic N) is 3. The molecule has 0 saturated carbocycles. The summed E-state index contributed by atoms with van der Waals surface area (Å²) in [6.45, 7) is 4.20. The molecular weight excluding hydrogens is 234 g/mol. The molecule has 0 atom stereocenters. The first-order valence-electron chi connectivity index (χ1n) is 6.28. The van der Waals surface area contributed by atoms with Crippen molar-refractivity contribution in [2.45, 2.75) is 13.8 Å². The highest BCUT2D eigenvalue weighted by molar-refractivity contribution is 5.58. The number of benzene rings is 1. The van der Waals surface area contributed by atoms with Gasteiger partial charge < -0.3 is 0 Å². The van der Waals surface area contributed by atoms with Gasteiger partial charge in [0, 0.05) is 18.0 Å². The molecule has 0 amide bonds. The Morgan fingerprint density at radius 2 is 1.74 bits per heavy atom. The zero-order valence-electron chi connectivity index (χ0n) is 11.0. The number of hydrogen-bond acceptors (Lipinski definition) is 2. The van der Waals surface area contributed by atoms with Crippen LogP contribution in [0.3, 0.4) is 0 Å². The summed E-state index contributed by atoms with van der Waals surface area (Å²) in [5.41, 5.74) is 5.55. The summed E-state index contributed by atoms with van der Waals surface area (Å²) < 4.78 is 1.93. The van der Waals surface area contributed by atoms with Crippen molar-refractivity contribution in [2.75, 3.05) is 0 Å². The van der Waals surface area contributed by atoms with Crippen molar-refractivity contribution in [3.8, 4) is 16.9 Å². The molecule has 19 heavy (non-hydrogen) atoms. The molecule has 94 valence electrons. The van der Waals surface area contributed by atoms with Gasteiger partial charge in [0.25, 0.3) is 0 Å². The maximum atomic E-state index is 4.46. The standard InChI is InChI=1S/C16H15N3/c1-12-6-5-7-13(2)16(12)19-11-14(10-18-19)15-8-3-4-9-17-15/h3-11H,1-2H3. The van der Waals surface area contributed by atoms with Crippen molar-refractivity contribution in [2.24, 2.45) is 0 Å². The summed E-state index contributed by atoms with van der Waals surface area (Å²) in [6, 6.07) is 12.2. The maximum absolute atomic E-state index is 4.46. The van der Waals surface area contributed by atoms with Gasteiger partial charge in [0.2, 0.25) is 0 Å². The van der Waals surface area contributed by atoms with E-state index in [0.29, 0.717) is 0 Å². The highest BCUT2D eigenvalue weighted by atomic mass is 15.3. The van der Waals surface area contributed by atoms with Gasteiger partial charge in [0.05, 0.1) is 17.6 Å². The minimum Gasteiger partial charge on any atom is -0.256 e. The quantitative estimate of drug-likeness (QED) is 0.695. The Morgan fingerprint density at radius 1 is 0.947 bits per heavy atom. The first-order valence-corrected chi connectivity index (χ1v) is 6.28. The van der Waals surface area contributed by atoms with E-state index in [2.05, 4.69) is 42.1 Å². The van der Waals surface area contributed by atoms with Crippen LogP contribution in [-0.4, -0.2) is 14.8 Å². The monoisotopic (exact) mass is 249 g/mol. The van der Waals surface area contributed by atoms with Gasteiger partial charge in [-0.2, -0.15) is 5.10 Å². The lowest BCUT2D eigenvalue weighted by atomic mass is 10.1. The molecule has 0 unspecified atom stereocenters. The van der Waals surface area contributed by atoms with Crippen molar-refractivity contribution >= 4 is 0 Å². The van der Waals surface area contributed by atoms with Crippen molar-refractivity contribution in [3.05, 3.63) is 66.1 Å². The molecular formula is C16H15N3. The van der Waals surface area contributed by atoms with Crippen molar-refractivity contribution in [1.29, 1.82) is 0 Å². The molecule has 0 bridgehead atoms. The maximum Gasteiger partial charge on any atom is 0.0733 e. The minimum atomic E-state index is 0.944. The summed E-state index contributed by atoms with van der Waals surface area (Å²) in [4.78, 5) is 4.35. The van der Waals surface area contributed by atoms with Crippen LogP contribution in [-0.2, 0) is 0 Å². The molecule has 0 aliphatic rings. The SMILES string of the molecule is Cc1cccc(C)c1-n1cc(-c2ccccn2)cn1. The molecule has 0 aliphatic carbocycles. The average molecular weight is 249 g/mol. The van der Waals surface area contributed by atoms with Gasteiger partial charge in [0.1, 0.15) is 0 Å². The average Bonchev–Trinajstić information content (AvgIpc) is 2.89. The summed E-state index contributed by atoms with van der Waals surface area (Å²) >= 11 is 0. The molecule has 0 fully saturated rings. The third-order valence-electron chi connectivity index (χ3n) is 3.21.